The third-order valence-corrected chi connectivity index (χ3v) is 7.10. The van der Waals surface area contributed by atoms with Crippen molar-refractivity contribution in [2.45, 2.75) is 34.1 Å². The van der Waals surface area contributed by atoms with E-state index < -0.39 is 21.6 Å². The maximum atomic E-state index is 12.5. The van der Waals surface area contributed by atoms with E-state index in [0.717, 1.165) is 9.79 Å². The van der Waals surface area contributed by atoms with Gasteiger partial charge in [0.1, 0.15) is 0 Å². The summed E-state index contributed by atoms with van der Waals surface area (Å²) in [5.74, 6) is 0. The van der Waals surface area contributed by atoms with Crippen LogP contribution in [0.1, 0.15) is 13.8 Å². The maximum Gasteiger partial charge on any atom is 0.0570 e. The Morgan fingerprint density at radius 3 is 1.25 bits per heavy atom. The lowest BCUT2D eigenvalue weighted by molar-refractivity contribution is 0.656. The zero-order valence-corrected chi connectivity index (χ0v) is 13.2. The lowest BCUT2D eigenvalue weighted by Crippen LogP contribution is -2.29. The van der Waals surface area contributed by atoms with E-state index in [1.165, 1.54) is 0 Å². The number of hydrogen-bond donors (Lipinski definition) is 0. The molecule has 2 aromatic carbocycles. The van der Waals surface area contributed by atoms with Crippen LogP contribution in [-0.2, 0) is 21.6 Å². The van der Waals surface area contributed by atoms with Gasteiger partial charge in [-0.25, -0.2) is 0 Å². The first-order valence-corrected chi connectivity index (χ1v) is 8.95. The average molecular weight is 306 g/mol. The molecule has 0 aliphatic rings. The highest BCUT2D eigenvalue weighted by atomic mass is 32.2. The molecule has 2 nitrogen and oxygen atoms in total. The van der Waals surface area contributed by atoms with Crippen molar-refractivity contribution < 1.29 is 8.42 Å². The number of benzene rings is 2. The fourth-order valence-electron chi connectivity index (χ4n) is 1.89. The smallest absolute Gasteiger partial charge is 0.0570 e. The van der Waals surface area contributed by atoms with Crippen molar-refractivity contribution in [2.24, 2.45) is 0 Å². The fraction of sp³-hybridized carbons (Fsp3) is 0.250. The van der Waals surface area contributed by atoms with Gasteiger partial charge in [-0.3, -0.25) is 8.42 Å². The van der Waals surface area contributed by atoms with Crippen LogP contribution < -0.4 is 0 Å². The topological polar surface area (TPSA) is 34.1 Å². The molecule has 0 amide bonds. The van der Waals surface area contributed by atoms with Crippen LogP contribution in [0.4, 0.5) is 0 Å². The molecular weight excluding hydrogens is 288 g/mol. The van der Waals surface area contributed by atoms with Crippen LogP contribution in [0.3, 0.4) is 0 Å². The zero-order valence-electron chi connectivity index (χ0n) is 11.6. The summed E-state index contributed by atoms with van der Waals surface area (Å²) in [6.45, 7) is 3.79. The van der Waals surface area contributed by atoms with Crippen LogP contribution in [-0.4, -0.2) is 18.9 Å². The van der Waals surface area contributed by atoms with Crippen LogP contribution in [0.15, 0.2) is 70.5 Å². The third-order valence-electron chi connectivity index (χ3n) is 3.29. The van der Waals surface area contributed by atoms with Crippen molar-refractivity contribution in [2.75, 3.05) is 0 Å². The summed E-state index contributed by atoms with van der Waals surface area (Å²) < 4.78 is 25.0. The molecule has 0 bridgehead atoms. The summed E-state index contributed by atoms with van der Waals surface area (Å²) in [6.07, 6.45) is 0. The molecule has 0 heterocycles. The van der Waals surface area contributed by atoms with Gasteiger partial charge in [0, 0.05) is 9.79 Å². The van der Waals surface area contributed by atoms with E-state index in [9.17, 15) is 8.42 Å². The zero-order chi connectivity index (χ0) is 14.5. The molecule has 106 valence electrons. The highest BCUT2D eigenvalue weighted by Crippen LogP contribution is 2.20. The van der Waals surface area contributed by atoms with E-state index in [4.69, 9.17) is 0 Å². The summed E-state index contributed by atoms with van der Waals surface area (Å²) in [5, 5.41) is -0.336. The van der Waals surface area contributed by atoms with E-state index in [1.54, 1.807) is 0 Å². The van der Waals surface area contributed by atoms with Gasteiger partial charge < -0.3 is 0 Å². The van der Waals surface area contributed by atoms with Gasteiger partial charge in [-0.1, -0.05) is 36.4 Å². The van der Waals surface area contributed by atoms with Gasteiger partial charge in [0.25, 0.3) is 0 Å². The van der Waals surface area contributed by atoms with Crippen LogP contribution in [0.25, 0.3) is 0 Å². The second kappa shape index (κ2) is 6.95. The van der Waals surface area contributed by atoms with Crippen molar-refractivity contribution in [1.82, 2.24) is 0 Å². The first kappa shape index (κ1) is 15.1. The summed E-state index contributed by atoms with van der Waals surface area (Å²) in [7, 11) is -2.29. The lowest BCUT2D eigenvalue weighted by atomic mass is 10.3. The van der Waals surface area contributed by atoms with Crippen LogP contribution in [0.5, 0.6) is 0 Å². The second-order valence-corrected chi connectivity index (χ2v) is 8.25. The fourth-order valence-corrected chi connectivity index (χ4v) is 4.90. The van der Waals surface area contributed by atoms with Crippen LogP contribution >= 0.6 is 0 Å². The Morgan fingerprint density at radius 1 is 0.650 bits per heavy atom. The molecule has 0 spiro atoms. The first-order valence-electron chi connectivity index (χ1n) is 6.52. The maximum absolute atomic E-state index is 12.5. The molecule has 0 aliphatic heterocycles. The minimum absolute atomic E-state index is 0.168. The van der Waals surface area contributed by atoms with Gasteiger partial charge in [-0.05, 0) is 38.1 Å². The molecule has 20 heavy (non-hydrogen) atoms. The number of hydrogen-bond acceptors (Lipinski definition) is 2. The van der Waals surface area contributed by atoms with E-state index in [2.05, 4.69) is 0 Å². The quantitative estimate of drug-likeness (QED) is 0.848. The second-order valence-electron chi connectivity index (χ2n) is 4.63. The molecule has 0 saturated carbocycles. The van der Waals surface area contributed by atoms with E-state index >= 15 is 0 Å². The van der Waals surface area contributed by atoms with Crippen molar-refractivity contribution in [3.63, 3.8) is 0 Å². The molecule has 0 N–H and O–H groups in total. The van der Waals surface area contributed by atoms with Crippen molar-refractivity contribution in [3.8, 4) is 0 Å². The van der Waals surface area contributed by atoms with Gasteiger partial charge in [0.2, 0.25) is 0 Å². The van der Waals surface area contributed by atoms with Gasteiger partial charge >= 0.3 is 0 Å². The third kappa shape index (κ3) is 3.44. The SMILES string of the molecule is CC(C(C)S(=O)c1ccccc1)S(=O)c1ccccc1. The summed E-state index contributed by atoms with van der Waals surface area (Å²) in [4.78, 5) is 1.58. The highest BCUT2D eigenvalue weighted by Gasteiger charge is 2.25. The normalized spacial score (nSPS) is 17.1. The Labute approximate surface area is 125 Å². The summed E-state index contributed by atoms with van der Waals surface area (Å²) in [5.41, 5.74) is 0. The van der Waals surface area contributed by atoms with Crippen molar-refractivity contribution >= 4 is 21.6 Å². The Hall–Kier alpha value is -1.26. The van der Waals surface area contributed by atoms with Crippen molar-refractivity contribution in [1.29, 1.82) is 0 Å². The predicted octanol–water partition coefficient (Wildman–Crippen LogP) is 3.38. The van der Waals surface area contributed by atoms with E-state index in [1.807, 2.05) is 74.5 Å². The van der Waals surface area contributed by atoms with E-state index in [0.29, 0.717) is 0 Å². The van der Waals surface area contributed by atoms with Gasteiger partial charge in [-0.2, -0.15) is 0 Å². The molecule has 0 aromatic heterocycles. The molecule has 4 atom stereocenters. The molecule has 0 fully saturated rings. The molecule has 2 rings (SSSR count). The van der Waals surface area contributed by atoms with Gasteiger partial charge in [0.15, 0.2) is 0 Å². The summed E-state index contributed by atoms with van der Waals surface area (Å²) >= 11 is 0. The standard InChI is InChI=1S/C16H18O2S2/c1-13(19(17)15-9-5-3-6-10-15)14(2)20(18)16-11-7-4-8-12-16/h3-14H,1-2H3. The molecule has 4 unspecified atom stereocenters. The first-order chi connectivity index (χ1) is 9.61. The average Bonchev–Trinajstić information content (AvgIpc) is 2.53. The molecule has 0 saturated heterocycles. The molecule has 0 radical (unpaired) electrons. The Bertz CT molecular complexity index is 541. The number of rotatable bonds is 5. The largest absolute Gasteiger partial charge is 0.254 e. The summed E-state index contributed by atoms with van der Waals surface area (Å²) in [6, 6.07) is 18.7. The van der Waals surface area contributed by atoms with Crippen LogP contribution in [0, 0.1) is 0 Å². The van der Waals surface area contributed by atoms with Crippen molar-refractivity contribution in [3.05, 3.63) is 60.7 Å². The molecule has 4 heteroatoms. The Balaban J connectivity index is 2.15. The van der Waals surface area contributed by atoms with Gasteiger partial charge in [-0.15, -0.1) is 0 Å². The highest BCUT2D eigenvalue weighted by molar-refractivity contribution is 7.89. The Morgan fingerprint density at radius 2 is 0.950 bits per heavy atom. The van der Waals surface area contributed by atoms with Gasteiger partial charge in [0.05, 0.1) is 32.1 Å². The van der Waals surface area contributed by atoms with Crippen LogP contribution in [0.2, 0.25) is 0 Å². The molecule has 0 aliphatic carbocycles. The minimum Gasteiger partial charge on any atom is -0.254 e. The minimum atomic E-state index is -1.15. The monoisotopic (exact) mass is 306 g/mol. The molecule has 2 aromatic rings. The molecular formula is C16H18O2S2. The lowest BCUT2D eigenvalue weighted by Gasteiger charge is -2.19. The Kier molecular flexibility index (Phi) is 5.26. The van der Waals surface area contributed by atoms with E-state index in [-0.39, 0.29) is 10.5 Å². The predicted molar refractivity (Wildman–Crippen MR) is 84.6 cm³/mol.